The molecule has 0 aromatic heterocycles. The molecule has 1 aromatic rings. The molecular weight excluding hydrogens is 188 g/mol. The standard InChI is InChI=1S/C12H18N2O/c13-10-4-1-2-5-11(10)14-8-12(9-15)6-3-7-12/h1-2,4-5,14-15H,3,6-9,13H2. The molecular formula is C12H18N2O. The van der Waals surface area contributed by atoms with Gasteiger partial charge in [-0.3, -0.25) is 0 Å². The SMILES string of the molecule is Nc1ccccc1NCC1(CO)CCC1. The van der Waals surface area contributed by atoms with Crippen molar-refractivity contribution in [1.82, 2.24) is 0 Å². The molecule has 2 rings (SSSR count). The van der Waals surface area contributed by atoms with Crippen molar-refractivity contribution in [3.8, 4) is 0 Å². The van der Waals surface area contributed by atoms with Gasteiger partial charge in [0.1, 0.15) is 0 Å². The Morgan fingerprint density at radius 2 is 2.07 bits per heavy atom. The highest BCUT2D eigenvalue weighted by Crippen LogP contribution is 2.40. The molecule has 1 aliphatic carbocycles. The van der Waals surface area contributed by atoms with E-state index in [2.05, 4.69) is 5.32 Å². The molecule has 3 heteroatoms. The van der Waals surface area contributed by atoms with Gasteiger partial charge in [-0.15, -0.1) is 0 Å². The first kappa shape index (κ1) is 10.3. The van der Waals surface area contributed by atoms with Crippen LogP contribution in [0.25, 0.3) is 0 Å². The first-order chi connectivity index (χ1) is 7.26. The average molecular weight is 206 g/mol. The number of nitrogen functional groups attached to an aromatic ring is 1. The third kappa shape index (κ3) is 2.07. The molecule has 0 amide bonds. The van der Waals surface area contributed by atoms with E-state index in [1.807, 2.05) is 24.3 Å². The fraction of sp³-hybridized carbons (Fsp3) is 0.500. The summed E-state index contributed by atoms with van der Waals surface area (Å²) < 4.78 is 0. The zero-order valence-electron chi connectivity index (χ0n) is 8.87. The van der Waals surface area contributed by atoms with E-state index in [9.17, 15) is 5.11 Å². The lowest BCUT2D eigenvalue weighted by Crippen LogP contribution is -2.39. The zero-order chi connectivity index (χ0) is 10.7. The summed E-state index contributed by atoms with van der Waals surface area (Å²) in [6.07, 6.45) is 3.46. The molecule has 1 aromatic carbocycles. The van der Waals surface area contributed by atoms with Gasteiger partial charge in [-0.25, -0.2) is 0 Å². The van der Waals surface area contributed by atoms with Crippen molar-refractivity contribution in [1.29, 1.82) is 0 Å². The van der Waals surface area contributed by atoms with E-state index in [0.717, 1.165) is 30.8 Å². The van der Waals surface area contributed by atoms with E-state index >= 15 is 0 Å². The smallest absolute Gasteiger partial charge is 0.0574 e. The van der Waals surface area contributed by atoms with Crippen LogP contribution in [0.4, 0.5) is 11.4 Å². The number of nitrogens with two attached hydrogens (primary N) is 1. The predicted molar refractivity (Wildman–Crippen MR) is 62.7 cm³/mol. The van der Waals surface area contributed by atoms with Gasteiger partial charge < -0.3 is 16.2 Å². The van der Waals surface area contributed by atoms with E-state index in [4.69, 9.17) is 5.73 Å². The van der Waals surface area contributed by atoms with Gasteiger partial charge in [0, 0.05) is 12.0 Å². The Kier molecular flexibility index (Phi) is 2.82. The fourth-order valence-corrected chi connectivity index (χ4v) is 2.01. The van der Waals surface area contributed by atoms with Crippen LogP contribution in [-0.2, 0) is 0 Å². The maximum atomic E-state index is 9.31. The lowest BCUT2D eigenvalue weighted by molar-refractivity contribution is 0.0576. The van der Waals surface area contributed by atoms with Crippen molar-refractivity contribution >= 4 is 11.4 Å². The molecule has 1 aliphatic rings. The minimum absolute atomic E-state index is 0.0995. The number of benzene rings is 1. The van der Waals surface area contributed by atoms with Crippen molar-refractivity contribution < 1.29 is 5.11 Å². The third-order valence-corrected chi connectivity index (χ3v) is 3.36. The maximum Gasteiger partial charge on any atom is 0.0574 e. The molecule has 0 heterocycles. The van der Waals surface area contributed by atoms with Crippen LogP contribution in [-0.4, -0.2) is 18.3 Å². The van der Waals surface area contributed by atoms with Gasteiger partial charge in [0.2, 0.25) is 0 Å². The van der Waals surface area contributed by atoms with Crippen LogP contribution in [0.3, 0.4) is 0 Å². The fourth-order valence-electron chi connectivity index (χ4n) is 2.01. The maximum absolute atomic E-state index is 9.31. The summed E-state index contributed by atoms with van der Waals surface area (Å²) in [6.45, 7) is 1.09. The molecule has 4 N–H and O–H groups in total. The highest BCUT2D eigenvalue weighted by Gasteiger charge is 2.35. The number of rotatable bonds is 4. The minimum Gasteiger partial charge on any atom is -0.397 e. The highest BCUT2D eigenvalue weighted by atomic mass is 16.3. The quantitative estimate of drug-likeness (QED) is 0.659. The van der Waals surface area contributed by atoms with Gasteiger partial charge in [-0.2, -0.15) is 0 Å². The molecule has 0 saturated heterocycles. The molecule has 82 valence electrons. The molecule has 1 fully saturated rings. The molecule has 0 spiro atoms. The predicted octanol–water partition coefficient (Wildman–Crippen LogP) is 1.84. The van der Waals surface area contributed by atoms with Crippen molar-refractivity contribution in [3.63, 3.8) is 0 Å². The summed E-state index contributed by atoms with van der Waals surface area (Å²) >= 11 is 0. The Morgan fingerprint density at radius 1 is 1.33 bits per heavy atom. The summed E-state index contributed by atoms with van der Waals surface area (Å²) in [5.74, 6) is 0. The second-order valence-electron chi connectivity index (χ2n) is 4.45. The van der Waals surface area contributed by atoms with Gasteiger partial charge in [-0.1, -0.05) is 18.6 Å². The summed E-state index contributed by atoms with van der Waals surface area (Å²) in [5.41, 5.74) is 7.66. The van der Waals surface area contributed by atoms with Gasteiger partial charge in [-0.05, 0) is 25.0 Å². The van der Waals surface area contributed by atoms with E-state index in [0.29, 0.717) is 0 Å². The number of anilines is 2. The molecule has 3 nitrogen and oxygen atoms in total. The monoisotopic (exact) mass is 206 g/mol. The minimum atomic E-state index is 0.0995. The lowest BCUT2D eigenvalue weighted by atomic mass is 9.69. The second kappa shape index (κ2) is 4.11. The Hall–Kier alpha value is -1.22. The van der Waals surface area contributed by atoms with E-state index in [-0.39, 0.29) is 12.0 Å². The Balaban J connectivity index is 1.95. The molecule has 0 unspecified atom stereocenters. The number of aliphatic hydroxyl groups excluding tert-OH is 1. The zero-order valence-corrected chi connectivity index (χ0v) is 8.87. The number of hydrogen-bond donors (Lipinski definition) is 3. The van der Waals surface area contributed by atoms with Crippen molar-refractivity contribution in [2.75, 3.05) is 24.2 Å². The second-order valence-corrected chi connectivity index (χ2v) is 4.45. The van der Waals surface area contributed by atoms with Gasteiger partial charge in [0.15, 0.2) is 0 Å². The Bertz CT molecular complexity index is 329. The molecule has 0 aliphatic heterocycles. The Morgan fingerprint density at radius 3 is 2.60 bits per heavy atom. The third-order valence-electron chi connectivity index (χ3n) is 3.36. The van der Waals surface area contributed by atoms with Crippen LogP contribution in [0.2, 0.25) is 0 Å². The van der Waals surface area contributed by atoms with Crippen LogP contribution >= 0.6 is 0 Å². The summed E-state index contributed by atoms with van der Waals surface area (Å²) in [6, 6.07) is 7.74. The lowest BCUT2D eigenvalue weighted by Gasteiger charge is -2.40. The summed E-state index contributed by atoms with van der Waals surface area (Å²) in [7, 11) is 0. The van der Waals surface area contributed by atoms with Crippen LogP contribution < -0.4 is 11.1 Å². The van der Waals surface area contributed by atoms with Crippen LogP contribution in [0.15, 0.2) is 24.3 Å². The molecule has 0 radical (unpaired) electrons. The summed E-state index contributed by atoms with van der Waals surface area (Å²) in [4.78, 5) is 0. The van der Waals surface area contributed by atoms with Crippen LogP contribution in [0.1, 0.15) is 19.3 Å². The number of aliphatic hydroxyl groups is 1. The Labute approximate surface area is 90.3 Å². The molecule has 0 atom stereocenters. The van der Waals surface area contributed by atoms with Crippen molar-refractivity contribution in [3.05, 3.63) is 24.3 Å². The van der Waals surface area contributed by atoms with Gasteiger partial charge in [0.05, 0.1) is 18.0 Å². The first-order valence-electron chi connectivity index (χ1n) is 5.45. The van der Waals surface area contributed by atoms with E-state index in [1.54, 1.807) is 0 Å². The topological polar surface area (TPSA) is 58.3 Å². The first-order valence-corrected chi connectivity index (χ1v) is 5.45. The van der Waals surface area contributed by atoms with Crippen LogP contribution in [0, 0.1) is 5.41 Å². The number of nitrogens with one attached hydrogen (secondary N) is 1. The largest absolute Gasteiger partial charge is 0.397 e. The van der Waals surface area contributed by atoms with E-state index < -0.39 is 0 Å². The highest BCUT2D eigenvalue weighted by molar-refractivity contribution is 5.65. The average Bonchev–Trinajstić information content (AvgIpc) is 2.19. The molecule has 1 saturated carbocycles. The van der Waals surface area contributed by atoms with Gasteiger partial charge >= 0.3 is 0 Å². The van der Waals surface area contributed by atoms with Gasteiger partial charge in [0.25, 0.3) is 0 Å². The molecule has 0 bridgehead atoms. The van der Waals surface area contributed by atoms with E-state index in [1.165, 1.54) is 6.42 Å². The van der Waals surface area contributed by atoms with Crippen molar-refractivity contribution in [2.45, 2.75) is 19.3 Å². The van der Waals surface area contributed by atoms with Crippen molar-refractivity contribution in [2.24, 2.45) is 5.41 Å². The molecule has 15 heavy (non-hydrogen) atoms. The number of para-hydroxylation sites is 2. The van der Waals surface area contributed by atoms with Crippen LogP contribution in [0.5, 0.6) is 0 Å². The number of hydrogen-bond acceptors (Lipinski definition) is 3. The summed E-state index contributed by atoms with van der Waals surface area (Å²) in [5, 5.41) is 12.6. The normalized spacial score (nSPS) is 18.2.